The Morgan fingerprint density at radius 2 is 1.24 bits per heavy atom. The van der Waals surface area contributed by atoms with E-state index in [-0.39, 0.29) is 17.5 Å². The van der Waals surface area contributed by atoms with Crippen molar-refractivity contribution in [3.05, 3.63) is 103 Å². The fourth-order valence-electron chi connectivity index (χ4n) is 5.57. The Morgan fingerprint density at radius 1 is 0.722 bits per heavy atom. The highest BCUT2D eigenvalue weighted by molar-refractivity contribution is 7.80. The number of tetrazole rings is 2. The van der Waals surface area contributed by atoms with Crippen LogP contribution in [-0.2, 0) is 9.59 Å². The summed E-state index contributed by atoms with van der Waals surface area (Å²) < 4.78 is 8.75. The third-order valence-corrected chi connectivity index (χ3v) is 8.80. The number of amides is 1. The predicted octanol–water partition coefficient (Wildman–Crippen LogP) is 3.40. The molecular weight excluding hydrogens is 737 g/mol. The molecule has 2 atom stereocenters. The number of thiol groups is 2. The number of carboxylic acids is 2. The Bertz CT molecular complexity index is 2300. The summed E-state index contributed by atoms with van der Waals surface area (Å²) >= 11 is 8.46. The number of anilines is 4. The van der Waals surface area contributed by atoms with Gasteiger partial charge in [0.05, 0.1) is 11.4 Å². The first kappa shape index (κ1) is 37.1. The van der Waals surface area contributed by atoms with Gasteiger partial charge < -0.3 is 35.4 Å². The lowest BCUT2D eigenvalue weighted by molar-refractivity contribution is -0.146. The molecular formula is C34H32N12O6S2. The van der Waals surface area contributed by atoms with Crippen molar-refractivity contribution >= 4 is 65.9 Å². The zero-order valence-corrected chi connectivity index (χ0v) is 30.3. The van der Waals surface area contributed by atoms with E-state index in [4.69, 9.17) is 4.74 Å². The van der Waals surface area contributed by atoms with E-state index in [1.807, 2.05) is 24.3 Å². The number of carbonyl (C=O) groups excluding carboxylic acids is 1. The predicted molar refractivity (Wildman–Crippen MR) is 202 cm³/mol. The monoisotopic (exact) mass is 768 g/mol. The fourth-order valence-corrected chi connectivity index (χ4v) is 5.96. The zero-order valence-electron chi connectivity index (χ0n) is 28.5. The van der Waals surface area contributed by atoms with Gasteiger partial charge in [-0.25, -0.2) is 9.59 Å². The maximum absolute atomic E-state index is 13.3. The highest BCUT2D eigenvalue weighted by Crippen LogP contribution is 2.27. The molecule has 54 heavy (non-hydrogen) atoms. The van der Waals surface area contributed by atoms with Crippen LogP contribution in [0.4, 0.5) is 22.7 Å². The molecule has 0 aliphatic carbocycles. The first-order valence-corrected chi connectivity index (χ1v) is 16.8. The van der Waals surface area contributed by atoms with E-state index in [1.54, 1.807) is 66.7 Å². The molecule has 0 radical (unpaired) electrons. The number of ether oxygens (including phenoxy) is 1. The van der Waals surface area contributed by atoms with E-state index in [2.05, 4.69) is 66.9 Å². The molecule has 1 amide bonds. The van der Waals surface area contributed by atoms with Gasteiger partial charge in [0.1, 0.15) is 5.75 Å². The quantitative estimate of drug-likeness (QED) is 0.0652. The maximum Gasteiger partial charge on any atom is 0.329 e. The minimum Gasteiger partial charge on any atom is -0.480 e. The highest BCUT2D eigenvalue weighted by Gasteiger charge is 2.40. The van der Waals surface area contributed by atoms with Gasteiger partial charge in [-0.1, -0.05) is 24.3 Å². The lowest BCUT2D eigenvalue weighted by Crippen LogP contribution is -2.57. The summed E-state index contributed by atoms with van der Waals surface area (Å²) in [5.41, 5.74) is 3.31. The summed E-state index contributed by atoms with van der Waals surface area (Å²) in [6.07, 6.45) is 0. The van der Waals surface area contributed by atoms with Gasteiger partial charge in [0.15, 0.2) is 18.8 Å². The van der Waals surface area contributed by atoms with Gasteiger partial charge in [-0.2, -0.15) is 9.36 Å². The minimum absolute atomic E-state index is 0.0497. The summed E-state index contributed by atoms with van der Waals surface area (Å²) in [5, 5.41) is 49.8. The number of likely N-dealkylation sites (N-methyl/N-ethyl adjacent to an activating group) is 2. The fraction of sp³-hybridized carbons (Fsp3) is 0.147. The smallest absolute Gasteiger partial charge is 0.329 e. The molecule has 18 nitrogen and oxygen atoms in total. The van der Waals surface area contributed by atoms with Crippen LogP contribution < -0.4 is 25.2 Å². The molecule has 4 aromatic carbocycles. The van der Waals surface area contributed by atoms with E-state index >= 15 is 0 Å². The second-order valence-electron chi connectivity index (χ2n) is 11.6. The molecule has 0 bridgehead atoms. The van der Waals surface area contributed by atoms with E-state index in [1.165, 1.54) is 39.3 Å². The van der Waals surface area contributed by atoms with Crippen molar-refractivity contribution in [3.8, 4) is 17.1 Å². The largest absolute Gasteiger partial charge is 0.480 e. The number of rotatable bonds is 15. The Morgan fingerprint density at radius 3 is 1.80 bits per heavy atom. The lowest BCUT2D eigenvalue weighted by Gasteiger charge is -2.36. The SMILES string of the molecule is CN(c1cccc(OCNc2cccc(-n3nnnc3S)c2)c1)C(C(=O)O)C(C(=O)O)N(C)c1cccc(C(=O)Nc2cccc(-n3nnnc3S)c2)c1. The molecule has 276 valence electrons. The number of hydrogen-bond donors (Lipinski definition) is 6. The molecule has 4 N–H and O–H groups in total. The number of nitrogens with zero attached hydrogens (tertiary/aromatic N) is 10. The van der Waals surface area contributed by atoms with Crippen molar-refractivity contribution in [1.29, 1.82) is 0 Å². The normalized spacial score (nSPS) is 12.0. The average molecular weight is 769 g/mol. The number of carbonyl (C=O) groups is 3. The number of hydrogen-bond acceptors (Lipinski definition) is 15. The molecule has 0 saturated carbocycles. The van der Waals surface area contributed by atoms with Gasteiger partial charge in [0, 0.05) is 48.5 Å². The molecule has 0 aliphatic rings. The van der Waals surface area contributed by atoms with Gasteiger partial charge in [0.25, 0.3) is 5.91 Å². The molecule has 2 aromatic heterocycles. The van der Waals surface area contributed by atoms with Crippen molar-refractivity contribution in [1.82, 2.24) is 40.4 Å². The summed E-state index contributed by atoms with van der Waals surface area (Å²) in [6, 6.07) is 23.7. The lowest BCUT2D eigenvalue weighted by atomic mass is 10.0. The van der Waals surface area contributed by atoms with E-state index in [0.717, 1.165) is 0 Å². The van der Waals surface area contributed by atoms with E-state index < -0.39 is 29.9 Å². The first-order valence-electron chi connectivity index (χ1n) is 15.9. The van der Waals surface area contributed by atoms with E-state index in [0.29, 0.717) is 45.0 Å². The molecule has 6 aromatic rings. The third-order valence-electron chi connectivity index (χ3n) is 8.24. The van der Waals surface area contributed by atoms with Crippen molar-refractivity contribution in [2.24, 2.45) is 0 Å². The van der Waals surface area contributed by atoms with Crippen LogP contribution in [0.25, 0.3) is 11.4 Å². The third kappa shape index (κ3) is 8.34. The molecule has 6 rings (SSSR count). The molecule has 0 fully saturated rings. The Balaban J connectivity index is 1.15. The van der Waals surface area contributed by atoms with Crippen molar-refractivity contribution < 1.29 is 29.3 Å². The Hall–Kier alpha value is -6.67. The van der Waals surface area contributed by atoms with Crippen LogP contribution in [0.1, 0.15) is 10.4 Å². The standard InChI is InChI=1S/C34H32N12O6S2/c1-43(23-10-3-7-20(15-23)30(47)36-22-9-5-13-26(17-22)46-34(54)38-40-42-46)28(31(48)49)29(32(50)51)44(2)24-11-6-14-27(18-24)52-19-35-21-8-4-12-25(16-21)45-33(53)37-39-41-45/h3-18,28-29,35H,19H2,1-2H3,(H,36,47)(H,48,49)(H,50,51)(H,37,41,53)(H,38,42,54). The second-order valence-corrected chi connectivity index (χ2v) is 12.4. The van der Waals surface area contributed by atoms with Gasteiger partial charge in [-0.3, -0.25) is 4.79 Å². The Kier molecular flexibility index (Phi) is 11.2. The van der Waals surface area contributed by atoms with Crippen molar-refractivity contribution in [2.75, 3.05) is 41.3 Å². The topological polar surface area (TPSA) is 219 Å². The average Bonchev–Trinajstić information content (AvgIpc) is 3.81. The summed E-state index contributed by atoms with van der Waals surface area (Å²) in [6.45, 7) is 0.0497. The van der Waals surface area contributed by atoms with Gasteiger partial charge in [0.2, 0.25) is 10.3 Å². The van der Waals surface area contributed by atoms with Crippen LogP contribution >= 0.6 is 25.3 Å². The maximum atomic E-state index is 13.3. The molecule has 2 unspecified atom stereocenters. The first-order chi connectivity index (χ1) is 26.0. The van der Waals surface area contributed by atoms with Crippen molar-refractivity contribution in [3.63, 3.8) is 0 Å². The number of aromatic nitrogens is 8. The number of carboxylic acid groups (broad SMARTS) is 2. The summed E-state index contributed by atoms with van der Waals surface area (Å²) in [4.78, 5) is 41.6. The van der Waals surface area contributed by atoms with Crippen LogP contribution in [-0.4, -0.2) is 101 Å². The van der Waals surface area contributed by atoms with Gasteiger partial charge in [-0.05, 0) is 87.6 Å². The van der Waals surface area contributed by atoms with Crippen LogP contribution in [0.5, 0.6) is 5.75 Å². The zero-order chi connectivity index (χ0) is 38.4. The molecule has 2 heterocycles. The van der Waals surface area contributed by atoms with Gasteiger partial charge in [-0.15, -0.1) is 35.5 Å². The van der Waals surface area contributed by atoms with Crippen LogP contribution in [0.2, 0.25) is 0 Å². The molecule has 0 spiro atoms. The second kappa shape index (κ2) is 16.3. The number of aliphatic carboxylic acids is 2. The summed E-state index contributed by atoms with van der Waals surface area (Å²) in [7, 11) is 2.95. The van der Waals surface area contributed by atoms with Gasteiger partial charge >= 0.3 is 11.9 Å². The van der Waals surface area contributed by atoms with Crippen LogP contribution in [0.3, 0.4) is 0 Å². The van der Waals surface area contributed by atoms with Crippen molar-refractivity contribution in [2.45, 2.75) is 22.4 Å². The minimum atomic E-state index is -1.59. The molecule has 0 aliphatic heterocycles. The molecule has 0 saturated heterocycles. The highest BCUT2D eigenvalue weighted by atomic mass is 32.1. The Labute approximate surface area is 318 Å². The van der Waals surface area contributed by atoms with Crippen LogP contribution in [0, 0.1) is 0 Å². The number of nitrogens with one attached hydrogen (secondary N) is 2. The van der Waals surface area contributed by atoms with Crippen LogP contribution in [0.15, 0.2) is 107 Å². The number of benzene rings is 4. The van der Waals surface area contributed by atoms with E-state index in [9.17, 15) is 24.6 Å². The molecule has 20 heteroatoms. The summed E-state index contributed by atoms with van der Waals surface area (Å²) in [5.74, 6) is -2.85.